The Morgan fingerprint density at radius 3 is 2.59 bits per heavy atom. The van der Waals surface area contributed by atoms with Gasteiger partial charge in [0.25, 0.3) is 11.8 Å². The highest BCUT2D eigenvalue weighted by Crippen LogP contribution is 2.50. The van der Waals surface area contributed by atoms with Gasteiger partial charge in [0.05, 0.1) is 24.7 Å². The Hall–Kier alpha value is -3.74. The SMILES string of the molecule is COc1ccc2c(c1)C1(CC(=O)N(C)C1=O)N(c1cccc3cccnc13)C2=O. The van der Waals surface area contributed by atoms with Crippen molar-refractivity contribution >= 4 is 34.3 Å². The van der Waals surface area contributed by atoms with E-state index in [0.29, 0.717) is 28.1 Å². The third kappa shape index (κ3) is 2.12. The lowest BCUT2D eigenvalue weighted by molar-refractivity contribution is -0.138. The summed E-state index contributed by atoms with van der Waals surface area (Å²) >= 11 is 0. The first kappa shape index (κ1) is 17.4. The zero-order valence-corrected chi connectivity index (χ0v) is 15.9. The summed E-state index contributed by atoms with van der Waals surface area (Å²) in [7, 11) is 2.97. The lowest BCUT2D eigenvalue weighted by atomic mass is 9.87. The molecule has 0 radical (unpaired) electrons. The molecule has 144 valence electrons. The highest BCUT2D eigenvalue weighted by atomic mass is 16.5. The first-order valence-corrected chi connectivity index (χ1v) is 9.17. The van der Waals surface area contributed by atoms with Crippen LogP contribution in [0.3, 0.4) is 0 Å². The van der Waals surface area contributed by atoms with Gasteiger partial charge in [-0.2, -0.15) is 0 Å². The molecule has 3 heterocycles. The van der Waals surface area contributed by atoms with Crippen LogP contribution in [0.1, 0.15) is 22.3 Å². The van der Waals surface area contributed by atoms with E-state index in [2.05, 4.69) is 4.98 Å². The number of carbonyl (C=O) groups excluding carboxylic acids is 3. The van der Waals surface area contributed by atoms with Crippen molar-refractivity contribution in [3.05, 3.63) is 65.9 Å². The zero-order chi connectivity index (χ0) is 20.3. The molecular weight excluding hydrogens is 370 g/mol. The fraction of sp³-hybridized carbons (Fsp3) is 0.182. The number of benzene rings is 2. The molecule has 2 aromatic carbocycles. The number of rotatable bonds is 2. The Morgan fingerprint density at radius 1 is 1.07 bits per heavy atom. The molecule has 2 aliphatic rings. The summed E-state index contributed by atoms with van der Waals surface area (Å²) in [6, 6.07) is 14.2. The first-order chi connectivity index (χ1) is 14.0. The minimum atomic E-state index is -1.45. The van der Waals surface area contributed by atoms with E-state index in [0.717, 1.165) is 10.3 Å². The van der Waals surface area contributed by atoms with Gasteiger partial charge in [-0.05, 0) is 30.3 Å². The van der Waals surface area contributed by atoms with Gasteiger partial charge < -0.3 is 4.74 Å². The van der Waals surface area contributed by atoms with Gasteiger partial charge in [-0.15, -0.1) is 0 Å². The van der Waals surface area contributed by atoms with Crippen LogP contribution in [0.5, 0.6) is 5.75 Å². The minimum absolute atomic E-state index is 0.128. The van der Waals surface area contributed by atoms with Gasteiger partial charge in [-0.1, -0.05) is 18.2 Å². The van der Waals surface area contributed by atoms with E-state index in [4.69, 9.17) is 4.74 Å². The number of imide groups is 1. The van der Waals surface area contributed by atoms with Crippen LogP contribution >= 0.6 is 0 Å². The van der Waals surface area contributed by atoms with Crippen molar-refractivity contribution in [2.45, 2.75) is 12.0 Å². The van der Waals surface area contributed by atoms with Gasteiger partial charge in [0, 0.05) is 29.8 Å². The average molecular weight is 387 g/mol. The Balaban J connectivity index is 1.84. The molecule has 1 saturated heterocycles. The summed E-state index contributed by atoms with van der Waals surface area (Å²) in [6.07, 6.45) is 1.51. The van der Waals surface area contributed by atoms with Crippen LogP contribution in [0.15, 0.2) is 54.7 Å². The highest BCUT2D eigenvalue weighted by Gasteiger charge is 2.62. The van der Waals surface area contributed by atoms with Gasteiger partial charge in [0.1, 0.15) is 5.75 Å². The van der Waals surface area contributed by atoms with E-state index in [1.807, 2.05) is 24.3 Å². The molecule has 3 aromatic rings. The summed E-state index contributed by atoms with van der Waals surface area (Å²) in [4.78, 5) is 46.5. The van der Waals surface area contributed by atoms with E-state index in [1.165, 1.54) is 19.1 Å². The van der Waals surface area contributed by atoms with E-state index >= 15 is 0 Å². The maximum absolute atomic E-state index is 13.5. The second kappa shape index (κ2) is 5.88. The first-order valence-electron chi connectivity index (χ1n) is 9.17. The van der Waals surface area contributed by atoms with Crippen molar-refractivity contribution in [2.24, 2.45) is 0 Å². The number of amides is 3. The number of ether oxygens (including phenoxy) is 1. The quantitative estimate of drug-likeness (QED) is 0.631. The molecule has 29 heavy (non-hydrogen) atoms. The number of hydrogen-bond donors (Lipinski definition) is 0. The number of aromatic nitrogens is 1. The number of likely N-dealkylation sites (N-methyl/N-ethyl adjacent to an activating group) is 1. The molecule has 1 atom stereocenters. The smallest absolute Gasteiger partial charge is 0.260 e. The topological polar surface area (TPSA) is 79.8 Å². The van der Waals surface area contributed by atoms with Gasteiger partial charge >= 0.3 is 0 Å². The van der Waals surface area contributed by atoms with Crippen molar-refractivity contribution in [1.29, 1.82) is 0 Å². The van der Waals surface area contributed by atoms with Gasteiger partial charge in [-0.25, -0.2) is 0 Å². The van der Waals surface area contributed by atoms with Crippen molar-refractivity contribution < 1.29 is 19.1 Å². The molecule has 5 rings (SSSR count). The largest absolute Gasteiger partial charge is 0.497 e. The van der Waals surface area contributed by atoms with Crippen LogP contribution in [0.4, 0.5) is 5.69 Å². The Labute approximate surface area is 166 Å². The summed E-state index contributed by atoms with van der Waals surface area (Å²) in [5, 5.41) is 0.839. The molecule has 0 saturated carbocycles. The highest BCUT2D eigenvalue weighted by molar-refractivity contribution is 6.24. The average Bonchev–Trinajstić information content (AvgIpc) is 3.12. The molecule has 0 bridgehead atoms. The maximum atomic E-state index is 13.5. The second-order valence-electron chi connectivity index (χ2n) is 7.20. The van der Waals surface area contributed by atoms with Crippen LogP contribution in [0.2, 0.25) is 0 Å². The van der Waals surface area contributed by atoms with E-state index in [-0.39, 0.29) is 18.2 Å². The van der Waals surface area contributed by atoms with Crippen molar-refractivity contribution in [1.82, 2.24) is 9.88 Å². The monoisotopic (exact) mass is 387 g/mol. The Kier molecular flexibility index (Phi) is 3.52. The normalized spacial score (nSPS) is 20.8. The lowest BCUT2D eigenvalue weighted by Gasteiger charge is -2.33. The lowest BCUT2D eigenvalue weighted by Crippen LogP contribution is -2.49. The predicted octanol–water partition coefficient (Wildman–Crippen LogP) is 2.49. The number of anilines is 1. The molecule has 7 nitrogen and oxygen atoms in total. The van der Waals surface area contributed by atoms with Crippen molar-refractivity contribution in [2.75, 3.05) is 19.1 Å². The summed E-state index contributed by atoms with van der Waals surface area (Å²) in [5.74, 6) is -0.590. The number of pyridine rings is 1. The third-order valence-corrected chi connectivity index (χ3v) is 5.78. The molecule has 0 aliphatic carbocycles. The minimum Gasteiger partial charge on any atom is -0.497 e. The number of carbonyl (C=O) groups is 3. The van der Waals surface area contributed by atoms with E-state index < -0.39 is 11.4 Å². The number of para-hydroxylation sites is 1. The summed E-state index contributed by atoms with van der Waals surface area (Å²) in [6.45, 7) is 0. The van der Waals surface area contributed by atoms with Crippen LogP contribution in [-0.4, -0.2) is 41.8 Å². The number of methoxy groups -OCH3 is 1. The number of hydrogen-bond acceptors (Lipinski definition) is 5. The predicted molar refractivity (Wildman–Crippen MR) is 106 cm³/mol. The molecule has 3 amide bonds. The van der Waals surface area contributed by atoms with Crippen molar-refractivity contribution in [3.63, 3.8) is 0 Å². The van der Waals surface area contributed by atoms with E-state index in [1.54, 1.807) is 30.5 Å². The Morgan fingerprint density at radius 2 is 1.86 bits per heavy atom. The summed E-state index contributed by atoms with van der Waals surface area (Å²) < 4.78 is 5.33. The number of nitrogens with zero attached hydrogens (tertiary/aromatic N) is 3. The van der Waals surface area contributed by atoms with Gasteiger partial charge in [0.2, 0.25) is 5.91 Å². The van der Waals surface area contributed by atoms with Crippen molar-refractivity contribution in [3.8, 4) is 5.75 Å². The standard InChI is InChI=1S/C22H17N3O4/c1-24-18(26)12-22(21(24)28)16-11-14(29-2)8-9-15(16)20(27)25(22)17-7-3-5-13-6-4-10-23-19(13)17/h3-11H,12H2,1-2H3. The molecule has 1 unspecified atom stereocenters. The van der Waals surface area contributed by atoms with Gasteiger partial charge in [0.15, 0.2) is 5.54 Å². The molecular formula is C22H17N3O4. The molecule has 1 spiro atoms. The van der Waals surface area contributed by atoms with Crippen LogP contribution < -0.4 is 9.64 Å². The third-order valence-electron chi connectivity index (χ3n) is 5.78. The number of fused-ring (bicyclic) bond motifs is 3. The van der Waals surface area contributed by atoms with E-state index in [9.17, 15) is 14.4 Å². The maximum Gasteiger partial charge on any atom is 0.260 e. The Bertz CT molecular complexity index is 1220. The molecule has 0 N–H and O–H groups in total. The second-order valence-corrected chi connectivity index (χ2v) is 7.20. The fourth-order valence-electron chi connectivity index (χ4n) is 4.37. The zero-order valence-electron chi connectivity index (χ0n) is 15.9. The molecule has 7 heteroatoms. The fourth-order valence-corrected chi connectivity index (χ4v) is 4.37. The van der Waals surface area contributed by atoms with Crippen LogP contribution in [-0.2, 0) is 15.1 Å². The molecule has 1 fully saturated rings. The summed E-state index contributed by atoms with van der Waals surface area (Å²) in [5.41, 5.74) is 0.517. The van der Waals surface area contributed by atoms with Gasteiger partial charge in [-0.3, -0.25) is 29.2 Å². The van der Waals surface area contributed by atoms with Crippen LogP contribution in [0.25, 0.3) is 10.9 Å². The molecule has 1 aromatic heterocycles. The van der Waals surface area contributed by atoms with Crippen LogP contribution in [0, 0.1) is 0 Å². The number of likely N-dealkylation sites (tertiary alicyclic amines) is 1. The molecule has 2 aliphatic heterocycles.